The summed E-state index contributed by atoms with van der Waals surface area (Å²) >= 11 is 0. The Morgan fingerprint density at radius 3 is 1.35 bits per heavy atom. The zero-order valence-corrected chi connectivity index (χ0v) is 11.7. The molecule has 0 radical (unpaired) electrons. The summed E-state index contributed by atoms with van der Waals surface area (Å²) < 4.78 is 0. The summed E-state index contributed by atoms with van der Waals surface area (Å²) in [6.07, 6.45) is 7.48. The molecule has 3 heterocycles. The number of aromatic nitrogens is 2. The van der Waals surface area contributed by atoms with Gasteiger partial charge in [0.2, 0.25) is 0 Å². The minimum absolute atomic E-state index is 1.03. The van der Waals surface area contributed by atoms with Gasteiger partial charge in [0, 0.05) is 64.1 Å². The van der Waals surface area contributed by atoms with Gasteiger partial charge in [-0.25, -0.2) is 0 Å². The van der Waals surface area contributed by atoms with Gasteiger partial charge in [-0.3, -0.25) is 19.8 Å². The summed E-state index contributed by atoms with van der Waals surface area (Å²) in [7, 11) is 0. The lowest BCUT2D eigenvalue weighted by Crippen LogP contribution is -2.45. The van der Waals surface area contributed by atoms with E-state index in [1.807, 2.05) is 24.8 Å². The van der Waals surface area contributed by atoms with Crippen molar-refractivity contribution in [3.63, 3.8) is 0 Å². The average molecular weight is 268 g/mol. The van der Waals surface area contributed by atoms with Crippen molar-refractivity contribution < 1.29 is 0 Å². The van der Waals surface area contributed by atoms with Crippen LogP contribution in [0.3, 0.4) is 0 Å². The maximum absolute atomic E-state index is 4.07. The van der Waals surface area contributed by atoms with Gasteiger partial charge in [-0.15, -0.1) is 0 Å². The molecule has 0 aromatic carbocycles. The molecule has 104 valence electrons. The lowest BCUT2D eigenvalue weighted by molar-refractivity contribution is 0.122. The third-order valence-electron chi connectivity index (χ3n) is 3.78. The fraction of sp³-hybridized carbons (Fsp3) is 0.375. The van der Waals surface area contributed by atoms with Crippen LogP contribution < -0.4 is 0 Å². The van der Waals surface area contributed by atoms with Crippen LogP contribution in [0.4, 0.5) is 0 Å². The predicted molar refractivity (Wildman–Crippen MR) is 79.0 cm³/mol. The van der Waals surface area contributed by atoms with Gasteiger partial charge < -0.3 is 0 Å². The summed E-state index contributed by atoms with van der Waals surface area (Å²) in [5.41, 5.74) is 2.70. The molecule has 0 atom stereocenters. The van der Waals surface area contributed by atoms with E-state index >= 15 is 0 Å². The fourth-order valence-corrected chi connectivity index (χ4v) is 2.60. The van der Waals surface area contributed by atoms with Gasteiger partial charge in [0.25, 0.3) is 0 Å². The molecule has 0 aliphatic carbocycles. The first-order valence-electron chi connectivity index (χ1n) is 7.13. The Morgan fingerprint density at radius 1 is 0.650 bits per heavy atom. The van der Waals surface area contributed by atoms with Crippen molar-refractivity contribution in [2.75, 3.05) is 26.2 Å². The molecule has 0 unspecified atom stereocenters. The summed E-state index contributed by atoms with van der Waals surface area (Å²) in [5, 5.41) is 0. The Kier molecular flexibility index (Phi) is 4.35. The standard InChI is InChI=1S/C16H20N4/c1-5-17-6-2-15(1)13-19-9-11-20(12-10-19)14-16-3-7-18-8-4-16/h1-8H,9-14H2. The molecule has 1 saturated heterocycles. The smallest absolute Gasteiger partial charge is 0.0271 e. The van der Waals surface area contributed by atoms with E-state index in [2.05, 4.69) is 44.0 Å². The molecule has 0 amide bonds. The molecule has 2 aromatic heterocycles. The molecule has 0 saturated carbocycles. The second-order valence-corrected chi connectivity index (χ2v) is 5.26. The van der Waals surface area contributed by atoms with Crippen LogP contribution in [-0.2, 0) is 13.1 Å². The molecule has 1 aliphatic heterocycles. The summed E-state index contributed by atoms with van der Waals surface area (Å²) in [6, 6.07) is 8.40. The Bertz CT molecular complexity index is 457. The van der Waals surface area contributed by atoms with Crippen LogP contribution in [0.5, 0.6) is 0 Å². The Labute approximate surface area is 120 Å². The molecule has 0 N–H and O–H groups in total. The number of piperazine rings is 1. The van der Waals surface area contributed by atoms with Crippen LogP contribution in [0.15, 0.2) is 49.1 Å². The number of hydrogen-bond acceptors (Lipinski definition) is 4. The SMILES string of the molecule is c1cc(CN2CCN(Cc3ccncc3)CC2)ccn1. The van der Waals surface area contributed by atoms with E-state index in [0.29, 0.717) is 0 Å². The molecule has 2 aromatic rings. The third-order valence-corrected chi connectivity index (χ3v) is 3.78. The fourth-order valence-electron chi connectivity index (χ4n) is 2.60. The number of rotatable bonds is 4. The van der Waals surface area contributed by atoms with Crippen LogP contribution in [0, 0.1) is 0 Å². The predicted octanol–water partition coefficient (Wildman–Crippen LogP) is 1.79. The topological polar surface area (TPSA) is 32.3 Å². The van der Waals surface area contributed by atoms with Crippen molar-refractivity contribution in [1.82, 2.24) is 19.8 Å². The second-order valence-electron chi connectivity index (χ2n) is 5.26. The number of nitrogens with zero attached hydrogens (tertiary/aromatic N) is 4. The van der Waals surface area contributed by atoms with E-state index in [9.17, 15) is 0 Å². The molecule has 3 rings (SSSR count). The zero-order chi connectivity index (χ0) is 13.6. The zero-order valence-electron chi connectivity index (χ0n) is 11.7. The van der Waals surface area contributed by atoms with Crippen LogP contribution in [-0.4, -0.2) is 45.9 Å². The summed E-state index contributed by atoms with van der Waals surface area (Å²) in [6.45, 7) is 6.60. The van der Waals surface area contributed by atoms with E-state index in [1.54, 1.807) is 0 Å². The highest BCUT2D eigenvalue weighted by Gasteiger charge is 2.16. The highest BCUT2D eigenvalue weighted by molar-refractivity contribution is 5.10. The number of hydrogen-bond donors (Lipinski definition) is 0. The minimum atomic E-state index is 1.03. The van der Waals surface area contributed by atoms with Crippen molar-refractivity contribution in [2.24, 2.45) is 0 Å². The van der Waals surface area contributed by atoms with Gasteiger partial charge in [0.15, 0.2) is 0 Å². The van der Waals surface area contributed by atoms with Crippen LogP contribution >= 0.6 is 0 Å². The van der Waals surface area contributed by atoms with Gasteiger partial charge in [-0.1, -0.05) is 0 Å². The van der Waals surface area contributed by atoms with Gasteiger partial charge in [-0.05, 0) is 35.4 Å². The third kappa shape index (κ3) is 3.62. The lowest BCUT2D eigenvalue weighted by atomic mass is 10.2. The summed E-state index contributed by atoms with van der Waals surface area (Å²) in [4.78, 5) is 13.2. The molecular formula is C16H20N4. The molecule has 1 fully saturated rings. The molecule has 4 heteroatoms. The van der Waals surface area contributed by atoms with Gasteiger partial charge >= 0.3 is 0 Å². The Hall–Kier alpha value is -1.78. The van der Waals surface area contributed by atoms with Crippen molar-refractivity contribution in [2.45, 2.75) is 13.1 Å². The van der Waals surface area contributed by atoms with Gasteiger partial charge in [0.1, 0.15) is 0 Å². The maximum Gasteiger partial charge on any atom is 0.0271 e. The van der Waals surface area contributed by atoms with E-state index in [1.165, 1.54) is 11.1 Å². The normalized spacial score (nSPS) is 17.2. The first-order chi connectivity index (χ1) is 9.90. The van der Waals surface area contributed by atoms with E-state index in [0.717, 1.165) is 39.3 Å². The Balaban J connectivity index is 1.47. The summed E-state index contributed by atoms with van der Waals surface area (Å²) in [5.74, 6) is 0. The van der Waals surface area contributed by atoms with E-state index in [-0.39, 0.29) is 0 Å². The molecule has 1 aliphatic rings. The van der Waals surface area contributed by atoms with Crippen molar-refractivity contribution in [3.05, 3.63) is 60.2 Å². The van der Waals surface area contributed by atoms with Crippen LogP contribution in [0.2, 0.25) is 0 Å². The maximum atomic E-state index is 4.07. The van der Waals surface area contributed by atoms with Crippen LogP contribution in [0.1, 0.15) is 11.1 Å². The van der Waals surface area contributed by atoms with Crippen molar-refractivity contribution in [1.29, 1.82) is 0 Å². The van der Waals surface area contributed by atoms with E-state index < -0.39 is 0 Å². The minimum Gasteiger partial charge on any atom is -0.297 e. The molecule has 4 nitrogen and oxygen atoms in total. The van der Waals surface area contributed by atoms with Crippen molar-refractivity contribution in [3.8, 4) is 0 Å². The lowest BCUT2D eigenvalue weighted by Gasteiger charge is -2.34. The van der Waals surface area contributed by atoms with Crippen LogP contribution in [0.25, 0.3) is 0 Å². The average Bonchev–Trinajstić information content (AvgIpc) is 2.51. The molecule has 20 heavy (non-hydrogen) atoms. The Morgan fingerprint density at radius 2 is 1.00 bits per heavy atom. The second kappa shape index (κ2) is 6.59. The van der Waals surface area contributed by atoms with Gasteiger partial charge in [-0.2, -0.15) is 0 Å². The number of pyridine rings is 2. The first kappa shape index (κ1) is 13.2. The molecule has 0 bridgehead atoms. The van der Waals surface area contributed by atoms with Gasteiger partial charge in [0.05, 0.1) is 0 Å². The quantitative estimate of drug-likeness (QED) is 0.846. The monoisotopic (exact) mass is 268 g/mol. The van der Waals surface area contributed by atoms with Crippen molar-refractivity contribution >= 4 is 0 Å². The first-order valence-corrected chi connectivity index (χ1v) is 7.13. The highest BCUT2D eigenvalue weighted by Crippen LogP contribution is 2.10. The molecule has 0 spiro atoms. The molecular weight excluding hydrogens is 248 g/mol. The largest absolute Gasteiger partial charge is 0.297 e. The highest BCUT2D eigenvalue weighted by atomic mass is 15.3. The van der Waals surface area contributed by atoms with E-state index in [4.69, 9.17) is 0 Å².